The van der Waals surface area contributed by atoms with Crippen LogP contribution in [0.2, 0.25) is 0 Å². The van der Waals surface area contributed by atoms with E-state index >= 15 is 0 Å². The third kappa shape index (κ3) is 7.40. The molecule has 0 aliphatic heterocycles. The number of carbonyl (C=O) groups is 2. The van der Waals surface area contributed by atoms with E-state index in [-0.39, 0.29) is 23.4 Å². The van der Waals surface area contributed by atoms with Crippen molar-refractivity contribution in [3.63, 3.8) is 0 Å². The van der Waals surface area contributed by atoms with E-state index in [2.05, 4.69) is 15.5 Å². The van der Waals surface area contributed by atoms with Gasteiger partial charge in [-0.3, -0.25) is 9.59 Å². The summed E-state index contributed by atoms with van der Waals surface area (Å²) in [5.74, 6) is -0.510. The van der Waals surface area contributed by atoms with Gasteiger partial charge in [-0.05, 0) is 50.0 Å². The molecule has 0 saturated carbocycles. The third-order valence-corrected chi connectivity index (χ3v) is 5.82. The fourth-order valence-corrected chi connectivity index (χ4v) is 3.71. The molecule has 0 spiro atoms. The van der Waals surface area contributed by atoms with Gasteiger partial charge in [0.25, 0.3) is 5.91 Å². The molecule has 0 fully saturated rings. The van der Waals surface area contributed by atoms with Crippen LogP contribution < -0.4 is 5.32 Å². The first-order valence-electron chi connectivity index (χ1n) is 10.4. The monoisotopic (exact) mass is 470 g/mol. The van der Waals surface area contributed by atoms with Crippen molar-refractivity contribution in [3.05, 3.63) is 71.8 Å². The summed E-state index contributed by atoms with van der Waals surface area (Å²) in [6.07, 6.45) is 1.57. The first kappa shape index (κ1) is 24.4. The van der Waals surface area contributed by atoms with Gasteiger partial charge in [0.05, 0.1) is 5.75 Å². The number of amides is 2. The molecule has 2 amide bonds. The summed E-state index contributed by atoms with van der Waals surface area (Å²) in [6, 6.07) is 13.0. The maximum absolute atomic E-state index is 13.3. The topological polar surface area (TPSA) is 83.4 Å². The standard InChI is InChI=1S/C23H27FN6O2S/c1-28(2)11-12-30(14-17-7-9-19(24)10-8-17)22(32)18-5-4-6-20(13-18)26-21(31)15-33-23-27-25-16-29(23)3/h4-10,13,16H,11-12,14-15H2,1-3H3,(H,26,31). The SMILES string of the molecule is CN(C)CCN(Cc1ccc(F)cc1)C(=O)c1cccc(NC(=O)CSc2nncn2C)c1. The van der Waals surface area contributed by atoms with Crippen LogP contribution in [-0.4, -0.2) is 69.3 Å². The number of rotatable bonds is 10. The zero-order chi connectivity index (χ0) is 23.8. The smallest absolute Gasteiger partial charge is 0.254 e. The molecule has 1 heterocycles. The second kappa shape index (κ2) is 11.6. The summed E-state index contributed by atoms with van der Waals surface area (Å²) in [6.45, 7) is 1.55. The van der Waals surface area contributed by atoms with Crippen molar-refractivity contribution >= 4 is 29.3 Å². The van der Waals surface area contributed by atoms with Crippen LogP contribution in [0.1, 0.15) is 15.9 Å². The molecule has 0 aliphatic carbocycles. The highest BCUT2D eigenvalue weighted by Gasteiger charge is 2.17. The number of thioether (sulfide) groups is 1. The molecule has 8 nitrogen and oxygen atoms in total. The van der Waals surface area contributed by atoms with Crippen LogP contribution in [0.25, 0.3) is 0 Å². The van der Waals surface area contributed by atoms with Crippen LogP contribution in [-0.2, 0) is 18.4 Å². The molecule has 0 saturated heterocycles. The average Bonchev–Trinajstić information content (AvgIpc) is 3.20. The lowest BCUT2D eigenvalue weighted by molar-refractivity contribution is -0.113. The van der Waals surface area contributed by atoms with Gasteiger partial charge in [-0.25, -0.2) is 4.39 Å². The predicted octanol–water partition coefficient (Wildman–Crippen LogP) is 2.89. The largest absolute Gasteiger partial charge is 0.333 e. The minimum Gasteiger partial charge on any atom is -0.333 e. The Kier molecular flexibility index (Phi) is 8.56. The molecular formula is C23H27FN6O2S. The van der Waals surface area contributed by atoms with Gasteiger partial charge in [-0.15, -0.1) is 10.2 Å². The number of benzene rings is 2. The van der Waals surface area contributed by atoms with E-state index in [1.807, 2.05) is 26.0 Å². The van der Waals surface area contributed by atoms with Crippen molar-refractivity contribution in [1.29, 1.82) is 0 Å². The van der Waals surface area contributed by atoms with Gasteiger partial charge < -0.3 is 19.7 Å². The molecule has 33 heavy (non-hydrogen) atoms. The molecule has 0 unspecified atom stereocenters. The van der Waals surface area contributed by atoms with Crippen molar-refractivity contribution in [1.82, 2.24) is 24.6 Å². The number of halogens is 1. The number of hydrogen-bond acceptors (Lipinski definition) is 6. The number of nitrogens with one attached hydrogen (secondary N) is 1. The summed E-state index contributed by atoms with van der Waals surface area (Å²) >= 11 is 1.28. The molecular weight excluding hydrogens is 443 g/mol. The summed E-state index contributed by atoms with van der Waals surface area (Å²) in [7, 11) is 5.69. The normalized spacial score (nSPS) is 10.9. The zero-order valence-electron chi connectivity index (χ0n) is 18.9. The maximum Gasteiger partial charge on any atom is 0.254 e. The van der Waals surface area contributed by atoms with Crippen LogP contribution in [0.15, 0.2) is 60.0 Å². The van der Waals surface area contributed by atoms with Gasteiger partial charge in [-0.1, -0.05) is 30.0 Å². The lowest BCUT2D eigenvalue weighted by atomic mass is 10.1. The Labute approximate surface area is 196 Å². The molecule has 1 N–H and O–H groups in total. The average molecular weight is 471 g/mol. The van der Waals surface area contributed by atoms with Crippen molar-refractivity contribution in [2.45, 2.75) is 11.7 Å². The van der Waals surface area contributed by atoms with Gasteiger partial charge in [0.15, 0.2) is 5.16 Å². The number of aryl methyl sites for hydroxylation is 1. The summed E-state index contributed by atoms with van der Waals surface area (Å²) in [4.78, 5) is 29.4. The Balaban J connectivity index is 1.67. The van der Waals surface area contributed by atoms with E-state index < -0.39 is 0 Å². The second-order valence-corrected chi connectivity index (χ2v) is 8.74. The first-order valence-corrected chi connectivity index (χ1v) is 11.4. The van der Waals surface area contributed by atoms with Crippen LogP contribution in [0.5, 0.6) is 0 Å². The summed E-state index contributed by atoms with van der Waals surface area (Å²) < 4.78 is 15.0. The Bertz CT molecular complexity index is 1090. The van der Waals surface area contributed by atoms with Crippen LogP contribution >= 0.6 is 11.8 Å². The highest BCUT2D eigenvalue weighted by molar-refractivity contribution is 7.99. The Morgan fingerprint density at radius 3 is 2.55 bits per heavy atom. The number of nitrogens with zero attached hydrogens (tertiary/aromatic N) is 5. The van der Waals surface area contributed by atoms with Crippen molar-refractivity contribution in [3.8, 4) is 0 Å². The molecule has 1 aromatic heterocycles. The summed E-state index contributed by atoms with van der Waals surface area (Å²) in [5.41, 5.74) is 1.85. The van der Waals surface area contributed by atoms with E-state index in [0.717, 1.165) is 5.56 Å². The van der Waals surface area contributed by atoms with Crippen molar-refractivity contribution in [2.75, 3.05) is 38.3 Å². The Hall–Kier alpha value is -3.24. The Morgan fingerprint density at radius 1 is 1.12 bits per heavy atom. The van der Waals surface area contributed by atoms with Gasteiger partial charge in [0.1, 0.15) is 12.1 Å². The fraction of sp³-hybridized carbons (Fsp3) is 0.304. The van der Waals surface area contributed by atoms with Gasteiger partial charge in [0, 0.05) is 37.9 Å². The molecule has 3 rings (SSSR count). The Morgan fingerprint density at radius 2 is 1.88 bits per heavy atom. The van der Waals surface area contributed by atoms with Crippen LogP contribution in [0.3, 0.4) is 0 Å². The highest BCUT2D eigenvalue weighted by Crippen LogP contribution is 2.17. The molecule has 0 aliphatic rings. The molecule has 174 valence electrons. The molecule has 0 bridgehead atoms. The lowest BCUT2D eigenvalue weighted by Crippen LogP contribution is -2.36. The molecule has 0 atom stereocenters. The second-order valence-electron chi connectivity index (χ2n) is 7.80. The minimum absolute atomic E-state index is 0.161. The van der Waals surface area contributed by atoms with E-state index in [1.165, 1.54) is 23.9 Å². The number of hydrogen-bond donors (Lipinski definition) is 1. The van der Waals surface area contributed by atoms with E-state index in [4.69, 9.17) is 0 Å². The quantitative estimate of drug-likeness (QED) is 0.459. The van der Waals surface area contributed by atoms with Crippen LogP contribution in [0, 0.1) is 5.82 Å². The lowest BCUT2D eigenvalue weighted by Gasteiger charge is -2.25. The van der Waals surface area contributed by atoms with E-state index in [9.17, 15) is 14.0 Å². The van der Waals surface area contributed by atoms with Gasteiger partial charge >= 0.3 is 0 Å². The molecule has 3 aromatic rings. The molecule has 2 aromatic carbocycles. The molecule has 0 radical (unpaired) electrons. The fourth-order valence-electron chi connectivity index (χ4n) is 3.03. The number of aromatic nitrogens is 3. The maximum atomic E-state index is 13.3. The zero-order valence-corrected chi connectivity index (χ0v) is 19.7. The minimum atomic E-state index is -0.314. The van der Waals surface area contributed by atoms with Gasteiger partial charge in [-0.2, -0.15) is 0 Å². The third-order valence-electron chi connectivity index (χ3n) is 4.79. The first-order chi connectivity index (χ1) is 15.8. The van der Waals surface area contributed by atoms with Gasteiger partial charge in [0.2, 0.25) is 5.91 Å². The van der Waals surface area contributed by atoms with Crippen molar-refractivity contribution in [2.24, 2.45) is 7.05 Å². The predicted molar refractivity (Wildman–Crippen MR) is 126 cm³/mol. The van der Waals surface area contributed by atoms with E-state index in [1.54, 1.807) is 52.2 Å². The van der Waals surface area contributed by atoms with Crippen molar-refractivity contribution < 1.29 is 14.0 Å². The van der Waals surface area contributed by atoms with E-state index in [0.29, 0.717) is 36.0 Å². The molecule has 10 heteroatoms. The van der Waals surface area contributed by atoms with Crippen LogP contribution in [0.4, 0.5) is 10.1 Å². The number of carbonyl (C=O) groups excluding carboxylic acids is 2. The summed E-state index contributed by atoms with van der Waals surface area (Å²) in [5, 5.41) is 11.2. The number of anilines is 1. The number of likely N-dealkylation sites (N-methyl/N-ethyl adjacent to an activating group) is 1. The highest BCUT2D eigenvalue weighted by atomic mass is 32.2.